The number of nitriles is 2. The van der Waals surface area contributed by atoms with Crippen LogP contribution in [-0.2, 0) is 13.7 Å². The standard InChI is InChI=1S/C17H22N2O5S2/c1-14-3-5-17(6-4-14)26(22,23)24-25(9-7-20,10-8-21)13-15(2)16(11-18)12-19/h3-6,20-21H,7-10,13H2,1-2H3. The van der Waals surface area contributed by atoms with Gasteiger partial charge in [0.25, 0.3) is 0 Å². The van der Waals surface area contributed by atoms with Crippen LogP contribution in [0.25, 0.3) is 0 Å². The second-order valence-electron chi connectivity index (χ2n) is 5.68. The largest absolute Gasteiger partial charge is 0.395 e. The topological polar surface area (TPSA) is 131 Å². The highest BCUT2D eigenvalue weighted by molar-refractivity contribution is 8.33. The summed E-state index contributed by atoms with van der Waals surface area (Å²) in [6, 6.07) is 9.64. The highest BCUT2D eigenvalue weighted by Crippen LogP contribution is 2.52. The van der Waals surface area contributed by atoms with E-state index in [4.69, 9.17) is 14.2 Å². The number of nitrogens with zero attached hydrogens (tertiary/aromatic N) is 2. The molecule has 7 nitrogen and oxygen atoms in total. The van der Waals surface area contributed by atoms with E-state index >= 15 is 0 Å². The van der Waals surface area contributed by atoms with Crippen molar-refractivity contribution in [1.29, 1.82) is 10.5 Å². The predicted octanol–water partition coefficient (Wildman–Crippen LogP) is 1.77. The molecule has 0 fully saturated rings. The van der Waals surface area contributed by atoms with Crippen molar-refractivity contribution in [2.24, 2.45) is 0 Å². The molecular weight excluding hydrogens is 376 g/mol. The minimum absolute atomic E-state index is 0.000127. The van der Waals surface area contributed by atoms with Crippen LogP contribution in [0.1, 0.15) is 12.5 Å². The third-order valence-corrected chi connectivity index (χ3v) is 9.13. The highest BCUT2D eigenvalue weighted by Gasteiger charge is 2.33. The summed E-state index contributed by atoms with van der Waals surface area (Å²) >= 11 is 0. The van der Waals surface area contributed by atoms with Gasteiger partial charge in [0.05, 0.1) is 18.1 Å². The van der Waals surface area contributed by atoms with E-state index in [1.165, 1.54) is 12.1 Å². The fourth-order valence-electron chi connectivity index (χ4n) is 2.29. The minimum Gasteiger partial charge on any atom is -0.395 e. The van der Waals surface area contributed by atoms with Gasteiger partial charge in [0.2, 0.25) is 0 Å². The van der Waals surface area contributed by atoms with Gasteiger partial charge in [-0.2, -0.15) is 18.9 Å². The normalized spacial score (nSPS) is 12.1. The van der Waals surface area contributed by atoms with Gasteiger partial charge in [-0.1, -0.05) is 17.7 Å². The van der Waals surface area contributed by atoms with Crippen molar-refractivity contribution < 1.29 is 22.3 Å². The zero-order valence-corrected chi connectivity index (χ0v) is 16.3. The molecule has 26 heavy (non-hydrogen) atoms. The number of rotatable bonds is 9. The molecule has 0 aliphatic heterocycles. The van der Waals surface area contributed by atoms with Crippen molar-refractivity contribution >= 4 is 20.4 Å². The van der Waals surface area contributed by atoms with Crippen molar-refractivity contribution in [2.45, 2.75) is 18.7 Å². The Kier molecular flexibility index (Phi) is 8.28. The molecular formula is C17H22N2O5S2. The third-order valence-electron chi connectivity index (χ3n) is 3.60. The molecule has 0 heterocycles. The van der Waals surface area contributed by atoms with Crippen molar-refractivity contribution in [3.8, 4) is 12.1 Å². The van der Waals surface area contributed by atoms with Gasteiger partial charge in [-0.05, 0) is 31.6 Å². The Morgan fingerprint density at radius 2 is 1.58 bits per heavy atom. The van der Waals surface area contributed by atoms with E-state index in [1.807, 2.05) is 6.92 Å². The summed E-state index contributed by atoms with van der Waals surface area (Å²) in [5, 5.41) is 36.9. The highest BCUT2D eigenvalue weighted by atomic mass is 32.3. The molecule has 0 aliphatic carbocycles. The lowest BCUT2D eigenvalue weighted by atomic mass is 10.2. The van der Waals surface area contributed by atoms with Crippen LogP contribution in [-0.4, -0.2) is 49.1 Å². The van der Waals surface area contributed by atoms with Crippen molar-refractivity contribution in [1.82, 2.24) is 0 Å². The number of hydrogen-bond donors (Lipinski definition) is 2. The summed E-state index contributed by atoms with van der Waals surface area (Å²) in [7, 11) is -6.66. The Balaban J connectivity index is 3.33. The molecule has 1 aromatic rings. The summed E-state index contributed by atoms with van der Waals surface area (Å²) in [5.74, 6) is -0.00405. The number of aryl methyl sites for hydroxylation is 1. The molecule has 0 unspecified atom stereocenters. The maximum absolute atomic E-state index is 12.7. The van der Waals surface area contributed by atoms with Gasteiger partial charge < -0.3 is 10.2 Å². The second-order valence-corrected chi connectivity index (χ2v) is 10.6. The van der Waals surface area contributed by atoms with Crippen molar-refractivity contribution in [3.05, 3.63) is 41.0 Å². The first-order chi connectivity index (χ1) is 12.2. The molecule has 0 aromatic heterocycles. The molecule has 0 amide bonds. The first kappa shape index (κ1) is 22.2. The molecule has 0 atom stereocenters. The van der Waals surface area contributed by atoms with Gasteiger partial charge in [-0.3, -0.25) is 0 Å². The molecule has 0 spiro atoms. The summed E-state index contributed by atoms with van der Waals surface area (Å²) in [6.07, 6.45) is 0. The molecule has 0 saturated heterocycles. The van der Waals surface area contributed by atoms with Gasteiger partial charge in [0.15, 0.2) is 0 Å². The molecule has 9 heteroatoms. The van der Waals surface area contributed by atoms with E-state index in [0.29, 0.717) is 5.57 Å². The van der Waals surface area contributed by atoms with E-state index in [2.05, 4.69) is 0 Å². The average Bonchev–Trinajstić information content (AvgIpc) is 2.56. The van der Waals surface area contributed by atoms with Gasteiger partial charge in [-0.15, -0.1) is 10.3 Å². The Morgan fingerprint density at radius 1 is 1.08 bits per heavy atom. The van der Waals surface area contributed by atoms with E-state index < -0.39 is 20.4 Å². The lowest BCUT2D eigenvalue weighted by Gasteiger charge is -2.37. The molecule has 0 bridgehead atoms. The minimum atomic E-state index is -4.14. The number of hydrogen-bond acceptors (Lipinski definition) is 7. The molecule has 142 valence electrons. The number of aliphatic hydroxyl groups excluding tert-OH is 2. The summed E-state index contributed by atoms with van der Waals surface area (Å²) in [4.78, 5) is -0.0294. The maximum Gasteiger partial charge on any atom is 0.306 e. The second kappa shape index (κ2) is 9.72. The van der Waals surface area contributed by atoms with Crippen molar-refractivity contribution in [2.75, 3.05) is 30.5 Å². The first-order valence-electron chi connectivity index (χ1n) is 7.74. The quantitative estimate of drug-likeness (QED) is 0.606. The Labute approximate surface area is 155 Å². The Bertz CT molecular complexity index is 811. The molecule has 0 saturated carbocycles. The van der Waals surface area contributed by atoms with E-state index in [0.717, 1.165) is 5.56 Å². The summed E-state index contributed by atoms with van der Waals surface area (Å²) in [5.41, 5.74) is 1.12. The fourth-order valence-corrected chi connectivity index (χ4v) is 7.42. The van der Waals surface area contributed by atoms with Crippen LogP contribution in [0.4, 0.5) is 0 Å². The lowest BCUT2D eigenvalue weighted by Crippen LogP contribution is -2.25. The van der Waals surface area contributed by atoms with Gasteiger partial charge in [0.1, 0.15) is 17.7 Å². The van der Waals surface area contributed by atoms with Crippen LogP contribution in [0.15, 0.2) is 40.3 Å². The smallest absolute Gasteiger partial charge is 0.306 e. The Hall–Kier alpha value is -1.88. The summed E-state index contributed by atoms with van der Waals surface area (Å²) in [6.45, 7) is 2.67. The SMILES string of the molecule is CC(CS(CCO)(CCO)OS(=O)(=O)c1ccc(C)cc1)=C(C#N)C#N. The third kappa shape index (κ3) is 5.84. The number of allylic oxidation sites excluding steroid dienone is 1. The monoisotopic (exact) mass is 398 g/mol. The van der Waals surface area contributed by atoms with Crippen molar-refractivity contribution in [3.63, 3.8) is 0 Å². The molecule has 1 rings (SSSR count). The zero-order chi connectivity index (χ0) is 19.8. The lowest BCUT2D eigenvalue weighted by molar-refractivity contribution is 0.312. The van der Waals surface area contributed by atoms with Crippen LogP contribution < -0.4 is 0 Å². The van der Waals surface area contributed by atoms with Gasteiger partial charge in [-0.25, -0.2) is 3.63 Å². The summed E-state index contributed by atoms with van der Waals surface area (Å²) < 4.78 is 30.9. The molecule has 0 radical (unpaired) electrons. The molecule has 2 N–H and O–H groups in total. The number of benzene rings is 1. The Morgan fingerprint density at radius 3 is 2.00 bits per heavy atom. The van der Waals surface area contributed by atoms with Crippen LogP contribution in [0.2, 0.25) is 0 Å². The van der Waals surface area contributed by atoms with E-state index in [-0.39, 0.29) is 40.9 Å². The predicted molar refractivity (Wildman–Crippen MR) is 99.7 cm³/mol. The van der Waals surface area contributed by atoms with Gasteiger partial charge in [0, 0.05) is 17.3 Å². The average molecular weight is 399 g/mol. The van der Waals surface area contributed by atoms with E-state index in [9.17, 15) is 18.6 Å². The van der Waals surface area contributed by atoms with Crippen LogP contribution in [0, 0.1) is 29.6 Å². The number of aliphatic hydroxyl groups is 2. The maximum atomic E-state index is 12.7. The molecule has 0 aliphatic rings. The zero-order valence-electron chi connectivity index (χ0n) is 14.7. The van der Waals surface area contributed by atoms with Crippen LogP contribution in [0.3, 0.4) is 0 Å². The van der Waals surface area contributed by atoms with Crippen LogP contribution in [0.5, 0.6) is 0 Å². The van der Waals surface area contributed by atoms with Crippen LogP contribution >= 0.6 is 10.3 Å². The van der Waals surface area contributed by atoms with E-state index in [1.54, 1.807) is 31.2 Å². The molecule has 1 aromatic carbocycles. The van der Waals surface area contributed by atoms with Gasteiger partial charge >= 0.3 is 10.1 Å². The fraction of sp³-hybridized carbons (Fsp3) is 0.412. The first-order valence-corrected chi connectivity index (χ1v) is 11.2.